The maximum atomic E-state index is 13.1. The van der Waals surface area contributed by atoms with Crippen LogP contribution in [0, 0.1) is 11.3 Å². The number of carbonyl (C=O) groups is 2. The van der Waals surface area contributed by atoms with Crippen LogP contribution in [-0.2, 0) is 25.4 Å². The van der Waals surface area contributed by atoms with Gasteiger partial charge in [-0.3, -0.25) is 29.4 Å². The number of amides is 3. The summed E-state index contributed by atoms with van der Waals surface area (Å²) in [5.74, 6) is 3.53. The monoisotopic (exact) mass is 828 g/mol. The minimum Gasteiger partial charge on any atom is -0.496 e. The number of piperidine rings is 2. The van der Waals surface area contributed by atoms with Crippen LogP contribution in [0.4, 0.5) is 22.1 Å². The van der Waals surface area contributed by atoms with E-state index < -0.39 is 6.03 Å². The van der Waals surface area contributed by atoms with E-state index >= 15 is 0 Å². The lowest BCUT2D eigenvalue weighted by Crippen LogP contribution is -2.60. The van der Waals surface area contributed by atoms with E-state index in [1.165, 1.54) is 37.9 Å². The van der Waals surface area contributed by atoms with Gasteiger partial charge in [-0.1, -0.05) is 0 Å². The van der Waals surface area contributed by atoms with E-state index in [1.807, 2.05) is 17.9 Å². The van der Waals surface area contributed by atoms with Gasteiger partial charge in [0.15, 0.2) is 5.82 Å². The summed E-state index contributed by atoms with van der Waals surface area (Å²) < 4.78 is 15.6. The molecule has 0 unspecified atom stereocenters. The highest BCUT2D eigenvalue weighted by Gasteiger charge is 2.45. The van der Waals surface area contributed by atoms with E-state index in [4.69, 9.17) is 9.47 Å². The predicted molar refractivity (Wildman–Crippen MR) is 237 cm³/mol. The second-order valence-electron chi connectivity index (χ2n) is 18.0. The first-order valence-electron chi connectivity index (χ1n) is 21.9. The molecule has 15 nitrogen and oxygen atoms in total. The Hall–Kier alpha value is -5.67. The molecule has 0 radical (unpaired) electrons. The van der Waals surface area contributed by atoms with Crippen molar-refractivity contribution in [3.63, 3.8) is 0 Å². The van der Waals surface area contributed by atoms with Crippen molar-refractivity contribution < 1.29 is 19.1 Å². The highest BCUT2D eigenvalue weighted by molar-refractivity contribution is 6.09. The van der Waals surface area contributed by atoms with E-state index in [0.29, 0.717) is 29.1 Å². The number of methoxy groups -OCH3 is 2. The number of fused-ring (bicyclic) bond motifs is 2. The highest BCUT2D eigenvalue weighted by Crippen LogP contribution is 2.44. The molecule has 3 amide bonds. The van der Waals surface area contributed by atoms with Crippen LogP contribution in [0.15, 0.2) is 53.6 Å². The Balaban J connectivity index is 0.738. The van der Waals surface area contributed by atoms with Crippen LogP contribution in [0.1, 0.15) is 44.1 Å². The third kappa shape index (κ3) is 7.24. The number of rotatable bonds is 10. The second-order valence-corrected chi connectivity index (χ2v) is 18.0. The number of aryl methyl sites for hydroxylation is 2. The van der Waals surface area contributed by atoms with E-state index in [0.717, 1.165) is 116 Å². The maximum Gasteiger partial charge on any atom is 0.329 e. The van der Waals surface area contributed by atoms with Crippen LogP contribution in [0.25, 0.3) is 32.8 Å². The van der Waals surface area contributed by atoms with E-state index in [9.17, 15) is 14.4 Å². The van der Waals surface area contributed by atoms with Crippen LogP contribution in [0.5, 0.6) is 11.5 Å². The van der Waals surface area contributed by atoms with Gasteiger partial charge in [0.1, 0.15) is 17.3 Å². The number of anilines is 3. The Bertz CT molecular complexity index is 2550. The van der Waals surface area contributed by atoms with Crippen molar-refractivity contribution in [2.24, 2.45) is 25.4 Å². The first-order chi connectivity index (χ1) is 29.6. The van der Waals surface area contributed by atoms with Crippen molar-refractivity contribution in [2.75, 3.05) is 94.4 Å². The van der Waals surface area contributed by atoms with Crippen molar-refractivity contribution in [3.8, 4) is 22.6 Å². The van der Waals surface area contributed by atoms with Gasteiger partial charge in [0.2, 0.25) is 5.91 Å². The first-order valence-corrected chi connectivity index (χ1v) is 21.9. The van der Waals surface area contributed by atoms with Crippen molar-refractivity contribution in [1.82, 2.24) is 34.4 Å². The van der Waals surface area contributed by atoms with Gasteiger partial charge in [0.25, 0.3) is 5.56 Å². The molecule has 2 aromatic carbocycles. The highest BCUT2D eigenvalue weighted by atomic mass is 16.5. The van der Waals surface area contributed by atoms with Crippen LogP contribution >= 0.6 is 0 Å². The molecule has 10 rings (SSSR count). The van der Waals surface area contributed by atoms with Gasteiger partial charge in [0, 0.05) is 106 Å². The van der Waals surface area contributed by atoms with Crippen molar-refractivity contribution in [1.29, 1.82) is 0 Å². The van der Waals surface area contributed by atoms with Crippen molar-refractivity contribution in [3.05, 3.63) is 64.7 Å². The summed E-state index contributed by atoms with van der Waals surface area (Å²) in [6, 6.07) is 12.2. The lowest BCUT2D eigenvalue weighted by atomic mass is 9.71. The number of imide groups is 1. The average molecular weight is 829 g/mol. The Morgan fingerprint density at radius 3 is 2.23 bits per heavy atom. The summed E-state index contributed by atoms with van der Waals surface area (Å²) >= 11 is 0. The van der Waals surface area contributed by atoms with Gasteiger partial charge >= 0.3 is 6.03 Å². The van der Waals surface area contributed by atoms with Crippen LogP contribution in [-0.4, -0.2) is 121 Å². The molecule has 1 spiro atoms. The Kier molecular flexibility index (Phi) is 10.1. The van der Waals surface area contributed by atoms with Gasteiger partial charge in [-0.15, -0.1) is 0 Å². The molecule has 15 heteroatoms. The number of urea groups is 1. The standard InChI is InChI=1S/C46H56N10O5/c1-50-26-36(34-23-41(54-13-5-14-54)47-24-35(34)44(50)58)31-20-39(60-3)37(40(21-31)61-4)27-52-15-8-30(9-16-52)25-53-18-11-46(12-19-53)28-55(29-46)32-6-7-33-38(22-32)51(2)49-43(33)56-17-10-42(57)48-45(56)59/h6-7,20-24,26,30H,5,8-19,25,27-29H2,1-4H3,(H,48,57,59). The quantitative estimate of drug-likeness (QED) is 0.205. The first kappa shape index (κ1) is 39.5. The third-order valence-corrected chi connectivity index (χ3v) is 14.2. The predicted octanol–water partition coefficient (Wildman–Crippen LogP) is 4.98. The summed E-state index contributed by atoms with van der Waals surface area (Å²) in [7, 11) is 7.16. The Labute approximate surface area is 355 Å². The van der Waals surface area contributed by atoms with Crippen LogP contribution in [0.3, 0.4) is 0 Å². The molecule has 0 saturated carbocycles. The summed E-state index contributed by atoms with van der Waals surface area (Å²) in [5.41, 5.74) is 5.44. The fourth-order valence-electron chi connectivity index (χ4n) is 10.4. The lowest BCUT2D eigenvalue weighted by molar-refractivity contribution is -0.120. The number of benzene rings is 2. The number of hydrogen-bond donors (Lipinski definition) is 1. The second kappa shape index (κ2) is 15.7. The molecule has 1 N–H and O–H groups in total. The van der Waals surface area contributed by atoms with Crippen LogP contribution < -0.4 is 35.0 Å². The molecule has 8 heterocycles. The topological polar surface area (TPSA) is 134 Å². The number of carbonyl (C=O) groups excluding carboxylic acids is 2. The molecule has 0 bridgehead atoms. The van der Waals surface area contributed by atoms with Gasteiger partial charge in [-0.2, -0.15) is 5.10 Å². The Morgan fingerprint density at radius 2 is 1.56 bits per heavy atom. The summed E-state index contributed by atoms with van der Waals surface area (Å²) in [5, 5.41) is 9.49. The minimum absolute atomic E-state index is 0.0593. The number of aromatic nitrogens is 4. The molecule has 5 aliphatic rings. The SMILES string of the molecule is COc1cc(-c2cn(C)c(=O)c3cnc(N4CCC4)cc23)cc(OC)c1CN1CCC(CN2CCC3(CC2)CN(c2ccc4c(N5CCC(=O)NC5=O)nn(C)c4c2)C3)CC1. The Morgan fingerprint density at radius 1 is 0.820 bits per heavy atom. The normalized spacial score (nSPS) is 20.0. The van der Waals surface area contributed by atoms with Gasteiger partial charge < -0.3 is 28.7 Å². The van der Waals surface area contributed by atoms with E-state index in [-0.39, 0.29) is 17.9 Å². The molecule has 0 aliphatic carbocycles. The van der Waals surface area contributed by atoms with Crippen molar-refractivity contribution >= 4 is 50.9 Å². The molecule has 5 fully saturated rings. The zero-order valence-electron chi connectivity index (χ0n) is 35.8. The smallest absolute Gasteiger partial charge is 0.329 e. The third-order valence-electron chi connectivity index (χ3n) is 14.2. The van der Waals surface area contributed by atoms with Gasteiger partial charge in [0.05, 0.1) is 30.7 Å². The fourth-order valence-corrected chi connectivity index (χ4v) is 10.4. The fraction of sp³-hybridized carbons (Fsp3) is 0.500. The number of nitrogens with zero attached hydrogens (tertiary/aromatic N) is 9. The number of ether oxygens (including phenoxy) is 2. The van der Waals surface area contributed by atoms with E-state index in [1.54, 1.807) is 36.9 Å². The summed E-state index contributed by atoms with van der Waals surface area (Å²) in [6.07, 6.45) is 9.87. The number of pyridine rings is 2. The van der Waals surface area contributed by atoms with E-state index in [2.05, 4.69) is 71.4 Å². The summed E-state index contributed by atoms with van der Waals surface area (Å²) in [6.45, 7) is 10.7. The number of nitrogens with one attached hydrogen (secondary N) is 1. The molecular formula is C46H56N10O5. The average Bonchev–Trinajstić information content (AvgIpc) is 3.56. The summed E-state index contributed by atoms with van der Waals surface area (Å²) in [4.78, 5) is 53.5. The molecule has 320 valence electrons. The minimum atomic E-state index is -0.411. The molecule has 5 aliphatic heterocycles. The molecule has 5 aromatic rings. The zero-order valence-corrected chi connectivity index (χ0v) is 35.8. The molecular weight excluding hydrogens is 773 g/mol. The van der Waals surface area contributed by atoms with Gasteiger partial charge in [-0.05, 0) is 106 Å². The number of likely N-dealkylation sites (tertiary alicyclic amines) is 2. The largest absolute Gasteiger partial charge is 0.496 e. The molecule has 0 atom stereocenters. The molecule has 5 saturated heterocycles. The molecule has 61 heavy (non-hydrogen) atoms. The molecule has 3 aromatic heterocycles. The maximum absolute atomic E-state index is 13.1. The lowest BCUT2D eigenvalue weighted by Gasteiger charge is -2.55. The number of hydrogen-bond acceptors (Lipinski definition) is 11. The van der Waals surface area contributed by atoms with Crippen molar-refractivity contribution in [2.45, 2.75) is 45.1 Å². The van der Waals surface area contributed by atoms with Gasteiger partial charge in [-0.25, -0.2) is 9.78 Å². The van der Waals surface area contributed by atoms with Crippen LogP contribution in [0.2, 0.25) is 0 Å². The zero-order chi connectivity index (χ0) is 42.0.